The third kappa shape index (κ3) is 3.82. The molecule has 0 aliphatic heterocycles. The van der Waals surface area contributed by atoms with Crippen LogP contribution in [-0.4, -0.2) is 11.9 Å². The zero-order chi connectivity index (χ0) is 13.7. The van der Waals surface area contributed by atoms with Gasteiger partial charge in [-0.25, -0.2) is 4.39 Å². The standard InChI is InChI=1S/C13H16FN3O/c1-8(2)12(13(16)18)17-7-10-3-9(6-15)4-11(14)5-10/h3-5,8,12,17H,7H2,1-2H3,(H2,16,18). The Morgan fingerprint density at radius 3 is 2.67 bits per heavy atom. The molecule has 96 valence electrons. The first-order chi connectivity index (χ1) is 8.43. The van der Waals surface area contributed by atoms with E-state index in [1.807, 2.05) is 19.9 Å². The Kier molecular flexibility index (Phi) is 4.81. The Labute approximate surface area is 106 Å². The molecule has 0 spiro atoms. The second-order valence-corrected chi connectivity index (χ2v) is 4.46. The Morgan fingerprint density at radius 2 is 2.17 bits per heavy atom. The van der Waals surface area contributed by atoms with E-state index in [4.69, 9.17) is 11.0 Å². The van der Waals surface area contributed by atoms with Crippen LogP contribution in [-0.2, 0) is 11.3 Å². The molecule has 4 nitrogen and oxygen atoms in total. The number of benzene rings is 1. The Bertz CT molecular complexity index is 480. The molecule has 5 heteroatoms. The summed E-state index contributed by atoms with van der Waals surface area (Å²) >= 11 is 0. The number of carbonyl (C=O) groups is 1. The zero-order valence-electron chi connectivity index (χ0n) is 10.4. The van der Waals surface area contributed by atoms with Crippen LogP contribution in [0.5, 0.6) is 0 Å². The number of halogens is 1. The van der Waals surface area contributed by atoms with Crippen LogP contribution < -0.4 is 11.1 Å². The van der Waals surface area contributed by atoms with Crippen molar-refractivity contribution < 1.29 is 9.18 Å². The van der Waals surface area contributed by atoms with Gasteiger partial charge in [0.05, 0.1) is 17.7 Å². The van der Waals surface area contributed by atoms with Gasteiger partial charge in [-0.15, -0.1) is 0 Å². The summed E-state index contributed by atoms with van der Waals surface area (Å²) in [5.74, 6) is -0.862. The molecule has 0 bridgehead atoms. The maximum absolute atomic E-state index is 13.2. The highest BCUT2D eigenvalue weighted by molar-refractivity contribution is 5.80. The summed E-state index contributed by atoms with van der Waals surface area (Å²) in [6, 6.07) is 5.48. The minimum atomic E-state index is -0.473. The quantitative estimate of drug-likeness (QED) is 0.825. The molecular weight excluding hydrogens is 233 g/mol. The lowest BCUT2D eigenvalue weighted by Gasteiger charge is -2.19. The smallest absolute Gasteiger partial charge is 0.234 e. The predicted octanol–water partition coefficient (Wildman–Crippen LogP) is 1.30. The molecule has 1 aromatic rings. The van der Waals surface area contributed by atoms with E-state index in [0.29, 0.717) is 5.56 Å². The molecule has 3 N–H and O–H groups in total. The molecule has 18 heavy (non-hydrogen) atoms. The van der Waals surface area contributed by atoms with E-state index in [1.165, 1.54) is 6.07 Å². The van der Waals surface area contributed by atoms with Crippen LogP contribution >= 0.6 is 0 Å². The van der Waals surface area contributed by atoms with Crippen LogP contribution in [0.3, 0.4) is 0 Å². The van der Waals surface area contributed by atoms with E-state index in [-0.39, 0.29) is 18.0 Å². The molecule has 0 aliphatic carbocycles. The topological polar surface area (TPSA) is 78.9 Å². The maximum Gasteiger partial charge on any atom is 0.234 e. The highest BCUT2D eigenvalue weighted by atomic mass is 19.1. The summed E-state index contributed by atoms with van der Waals surface area (Å²) < 4.78 is 13.2. The minimum absolute atomic E-state index is 0.0477. The summed E-state index contributed by atoms with van der Waals surface area (Å²) in [6.07, 6.45) is 0. The first kappa shape index (κ1) is 14.1. The van der Waals surface area contributed by atoms with E-state index >= 15 is 0 Å². The predicted molar refractivity (Wildman–Crippen MR) is 65.8 cm³/mol. The maximum atomic E-state index is 13.2. The third-order valence-corrected chi connectivity index (χ3v) is 2.59. The first-order valence-electron chi connectivity index (χ1n) is 5.66. The minimum Gasteiger partial charge on any atom is -0.368 e. The fourth-order valence-corrected chi connectivity index (χ4v) is 1.71. The fourth-order valence-electron chi connectivity index (χ4n) is 1.71. The van der Waals surface area contributed by atoms with Crippen molar-refractivity contribution in [2.75, 3.05) is 0 Å². The average Bonchev–Trinajstić information content (AvgIpc) is 2.27. The number of amides is 1. The number of hydrogen-bond donors (Lipinski definition) is 2. The lowest BCUT2D eigenvalue weighted by molar-refractivity contribution is -0.121. The van der Waals surface area contributed by atoms with Crippen molar-refractivity contribution in [2.24, 2.45) is 11.7 Å². The molecule has 0 radical (unpaired) electrons. The molecule has 0 heterocycles. The van der Waals surface area contributed by atoms with Gasteiger partial charge in [0.2, 0.25) is 5.91 Å². The Balaban J connectivity index is 2.77. The average molecular weight is 249 g/mol. The third-order valence-electron chi connectivity index (χ3n) is 2.59. The van der Waals surface area contributed by atoms with E-state index in [9.17, 15) is 9.18 Å². The molecule has 1 amide bonds. The van der Waals surface area contributed by atoms with Crippen LogP contribution in [0.25, 0.3) is 0 Å². The van der Waals surface area contributed by atoms with Gasteiger partial charge < -0.3 is 11.1 Å². The first-order valence-corrected chi connectivity index (χ1v) is 5.66. The van der Waals surface area contributed by atoms with Gasteiger partial charge in [0, 0.05) is 6.54 Å². The van der Waals surface area contributed by atoms with E-state index < -0.39 is 17.8 Å². The van der Waals surface area contributed by atoms with Gasteiger partial charge in [0.25, 0.3) is 0 Å². The van der Waals surface area contributed by atoms with E-state index in [0.717, 1.165) is 6.07 Å². The number of nitrogens with one attached hydrogen (secondary N) is 1. The Morgan fingerprint density at radius 1 is 1.50 bits per heavy atom. The van der Waals surface area contributed by atoms with Crippen molar-refractivity contribution in [3.63, 3.8) is 0 Å². The second kappa shape index (κ2) is 6.12. The van der Waals surface area contributed by atoms with Crippen LogP contribution in [0.4, 0.5) is 4.39 Å². The van der Waals surface area contributed by atoms with Crippen molar-refractivity contribution in [3.05, 3.63) is 35.1 Å². The number of nitrogens with two attached hydrogens (primary N) is 1. The largest absolute Gasteiger partial charge is 0.368 e. The van der Waals surface area contributed by atoms with Crippen molar-refractivity contribution in [3.8, 4) is 6.07 Å². The number of hydrogen-bond acceptors (Lipinski definition) is 3. The SMILES string of the molecule is CC(C)C(NCc1cc(F)cc(C#N)c1)C(N)=O. The summed E-state index contributed by atoms with van der Waals surface area (Å²) in [7, 11) is 0. The molecule has 0 fully saturated rings. The molecule has 1 atom stereocenters. The van der Waals surface area contributed by atoms with Crippen LogP contribution in [0, 0.1) is 23.1 Å². The molecule has 0 saturated heterocycles. The molecule has 1 rings (SSSR count). The number of primary amides is 1. The van der Waals surface area contributed by atoms with Gasteiger partial charge in [0.1, 0.15) is 5.82 Å². The summed E-state index contributed by atoms with van der Waals surface area (Å²) in [4.78, 5) is 11.2. The number of rotatable bonds is 5. The van der Waals surface area contributed by atoms with Crippen molar-refractivity contribution in [1.29, 1.82) is 5.26 Å². The molecule has 0 aromatic heterocycles. The molecule has 0 saturated carbocycles. The molecule has 1 unspecified atom stereocenters. The van der Waals surface area contributed by atoms with E-state index in [1.54, 1.807) is 6.07 Å². The van der Waals surface area contributed by atoms with Gasteiger partial charge in [0.15, 0.2) is 0 Å². The fraction of sp³-hybridized carbons (Fsp3) is 0.385. The van der Waals surface area contributed by atoms with Gasteiger partial charge in [-0.1, -0.05) is 13.8 Å². The monoisotopic (exact) mass is 249 g/mol. The normalized spacial score (nSPS) is 12.2. The number of nitrogens with zero attached hydrogens (tertiary/aromatic N) is 1. The lowest BCUT2D eigenvalue weighted by Crippen LogP contribution is -2.44. The van der Waals surface area contributed by atoms with Gasteiger partial charge >= 0.3 is 0 Å². The lowest BCUT2D eigenvalue weighted by atomic mass is 10.0. The Hall–Kier alpha value is -1.93. The van der Waals surface area contributed by atoms with Gasteiger partial charge in [-0.2, -0.15) is 5.26 Å². The number of nitriles is 1. The highest BCUT2D eigenvalue weighted by Crippen LogP contribution is 2.09. The summed E-state index contributed by atoms with van der Waals surface area (Å²) in [6.45, 7) is 4.03. The molecule has 0 aliphatic rings. The van der Waals surface area contributed by atoms with Crippen molar-refractivity contribution >= 4 is 5.91 Å². The summed E-state index contributed by atoms with van der Waals surface area (Å²) in [5, 5.41) is 11.7. The highest BCUT2D eigenvalue weighted by Gasteiger charge is 2.18. The van der Waals surface area contributed by atoms with Crippen molar-refractivity contribution in [1.82, 2.24) is 5.32 Å². The summed E-state index contributed by atoms with van der Waals surface area (Å²) in [5.41, 5.74) is 6.13. The van der Waals surface area contributed by atoms with Crippen LogP contribution in [0.1, 0.15) is 25.0 Å². The van der Waals surface area contributed by atoms with Gasteiger partial charge in [-0.05, 0) is 29.7 Å². The van der Waals surface area contributed by atoms with Gasteiger partial charge in [-0.3, -0.25) is 4.79 Å². The zero-order valence-corrected chi connectivity index (χ0v) is 10.4. The van der Waals surface area contributed by atoms with E-state index in [2.05, 4.69) is 5.32 Å². The van der Waals surface area contributed by atoms with Crippen molar-refractivity contribution in [2.45, 2.75) is 26.4 Å². The number of carbonyl (C=O) groups excluding carboxylic acids is 1. The van der Waals surface area contributed by atoms with Crippen LogP contribution in [0.2, 0.25) is 0 Å². The molecular formula is C13H16FN3O. The molecule has 1 aromatic carbocycles. The van der Waals surface area contributed by atoms with Crippen LogP contribution in [0.15, 0.2) is 18.2 Å². The second-order valence-electron chi connectivity index (χ2n) is 4.46.